The second-order valence-corrected chi connectivity index (χ2v) is 6.52. The van der Waals surface area contributed by atoms with E-state index in [1.807, 2.05) is 11.3 Å². The summed E-state index contributed by atoms with van der Waals surface area (Å²) in [6, 6.07) is 16.4. The molecule has 0 radical (unpaired) electrons. The summed E-state index contributed by atoms with van der Waals surface area (Å²) in [5, 5.41) is 3.74. The summed E-state index contributed by atoms with van der Waals surface area (Å²) in [4.78, 5) is 2.85. The second-order valence-electron chi connectivity index (χ2n) is 5.20. The lowest BCUT2D eigenvalue weighted by atomic mass is 10.1. The van der Waals surface area contributed by atoms with E-state index in [9.17, 15) is 0 Å². The average Bonchev–Trinajstić information content (AvgIpc) is 3.01. The molecule has 3 rings (SSSR count). The van der Waals surface area contributed by atoms with Crippen LogP contribution in [0.15, 0.2) is 42.5 Å². The average molecular weight is 257 g/mol. The molecule has 2 aromatic rings. The zero-order chi connectivity index (χ0) is 12.5. The van der Waals surface area contributed by atoms with Crippen molar-refractivity contribution in [1.82, 2.24) is 5.32 Å². The lowest BCUT2D eigenvalue weighted by molar-refractivity contribution is 0.570. The monoisotopic (exact) mass is 257 g/mol. The lowest BCUT2D eigenvalue weighted by Gasteiger charge is -2.12. The van der Waals surface area contributed by atoms with Crippen LogP contribution in [0.2, 0.25) is 0 Å². The Balaban J connectivity index is 1.60. The van der Waals surface area contributed by atoms with Gasteiger partial charge < -0.3 is 5.32 Å². The number of benzene rings is 1. The van der Waals surface area contributed by atoms with E-state index in [1.165, 1.54) is 21.7 Å². The number of hydrogen-bond donors (Lipinski definition) is 1. The molecule has 2 heteroatoms. The van der Waals surface area contributed by atoms with E-state index in [2.05, 4.69) is 61.6 Å². The van der Waals surface area contributed by atoms with E-state index in [0.29, 0.717) is 12.1 Å². The Hall–Kier alpha value is -1.12. The van der Waals surface area contributed by atoms with Crippen molar-refractivity contribution in [3.8, 4) is 0 Å². The number of thiophene rings is 1. The van der Waals surface area contributed by atoms with Gasteiger partial charge in [0.1, 0.15) is 0 Å². The van der Waals surface area contributed by atoms with Crippen molar-refractivity contribution in [3.63, 3.8) is 0 Å². The van der Waals surface area contributed by atoms with Crippen LogP contribution in [0.1, 0.15) is 40.6 Å². The molecule has 1 aliphatic rings. The Kier molecular flexibility index (Phi) is 3.23. The van der Waals surface area contributed by atoms with E-state index in [1.54, 1.807) is 0 Å². The molecule has 0 saturated heterocycles. The molecule has 3 unspecified atom stereocenters. The quantitative estimate of drug-likeness (QED) is 0.863. The van der Waals surface area contributed by atoms with Crippen LogP contribution in [0.25, 0.3) is 0 Å². The van der Waals surface area contributed by atoms with Crippen molar-refractivity contribution in [1.29, 1.82) is 0 Å². The minimum absolute atomic E-state index is 0.474. The van der Waals surface area contributed by atoms with Gasteiger partial charge in [-0.05, 0) is 38.0 Å². The molecule has 1 nitrogen and oxygen atoms in total. The molecule has 1 aromatic heterocycles. The van der Waals surface area contributed by atoms with Crippen LogP contribution in [-0.2, 0) is 0 Å². The van der Waals surface area contributed by atoms with Crippen LogP contribution in [0.3, 0.4) is 0 Å². The number of nitrogens with one attached hydrogen (secondary N) is 1. The highest BCUT2D eigenvalue weighted by molar-refractivity contribution is 7.12. The second kappa shape index (κ2) is 4.87. The lowest BCUT2D eigenvalue weighted by Crippen LogP contribution is -2.21. The molecule has 0 aliphatic heterocycles. The highest BCUT2D eigenvalue weighted by atomic mass is 32.1. The largest absolute Gasteiger partial charge is 0.306 e. The standard InChI is InChI=1S/C16H19NS/c1-11-8-9-16(18-11)12(2)17-15-10-14(15)13-6-4-3-5-7-13/h3-9,12,14-15,17H,10H2,1-2H3. The fourth-order valence-electron chi connectivity index (χ4n) is 2.54. The summed E-state index contributed by atoms with van der Waals surface area (Å²) in [6.45, 7) is 4.44. The highest BCUT2D eigenvalue weighted by Crippen LogP contribution is 2.42. The van der Waals surface area contributed by atoms with E-state index in [4.69, 9.17) is 0 Å². The van der Waals surface area contributed by atoms with Crippen molar-refractivity contribution in [3.05, 3.63) is 57.8 Å². The molecule has 1 N–H and O–H groups in total. The van der Waals surface area contributed by atoms with Crippen molar-refractivity contribution >= 4 is 11.3 Å². The van der Waals surface area contributed by atoms with Crippen LogP contribution in [0.5, 0.6) is 0 Å². The van der Waals surface area contributed by atoms with Gasteiger partial charge in [-0.15, -0.1) is 11.3 Å². The maximum Gasteiger partial charge on any atom is 0.0388 e. The normalized spacial score (nSPS) is 23.9. The maximum atomic E-state index is 3.74. The minimum Gasteiger partial charge on any atom is -0.306 e. The Bertz CT molecular complexity index is 517. The third kappa shape index (κ3) is 2.50. The predicted molar refractivity (Wildman–Crippen MR) is 78.2 cm³/mol. The first-order valence-electron chi connectivity index (χ1n) is 6.61. The van der Waals surface area contributed by atoms with Crippen molar-refractivity contribution in [2.75, 3.05) is 0 Å². The van der Waals surface area contributed by atoms with Gasteiger partial charge in [0.2, 0.25) is 0 Å². The van der Waals surface area contributed by atoms with Gasteiger partial charge in [-0.1, -0.05) is 30.3 Å². The van der Waals surface area contributed by atoms with E-state index >= 15 is 0 Å². The molecule has 1 aliphatic carbocycles. The Morgan fingerprint density at radius 1 is 1.17 bits per heavy atom. The van der Waals surface area contributed by atoms with Gasteiger partial charge in [0.25, 0.3) is 0 Å². The fourth-order valence-corrected chi connectivity index (χ4v) is 3.43. The minimum atomic E-state index is 0.474. The molecule has 0 spiro atoms. The summed E-state index contributed by atoms with van der Waals surface area (Å²) in [5.41, 5.74) is 1.48. The molecule has 1 saturated carbocycles. The van der Waals surface area contributed by atoms with Crippen LogP contribution in [0, 0.1) is 6.92 Å². The molecule has 1 heterocycles. The zero-order valence-corrected chi connectivity index (χ0v) is 11.7. The van der Waals surface area contributed by atoms with E-state index < -0.39 is 0 Å². The topological polar surface area (TPSA) is 12.0 Å². The van der Waals surface area contributed by atoms with Crippen molar-refractivity contribution in [2.24, 2.45) is 0 Å². The first kappa shape index (κ1) is 11.9. The summed E-state index contributed by atoms with van der Waals surface area (Å²) < 4.78 is 0. The van der Waals surface area contributed by atoms with Gasteiger partial charge in [-0.25, -0.2) is 0 Å². The van der Waals surface area contributed by atoms with Gasteiger partial charge in [-0.2, -0.15) is 0 Å². The molecule has 3 atom stereocenters. The molecule has 1 aromatic carbocycles. The zero-order valence-electron chi connectivity index (χ0n) is 10.9. The smallest absolute Gasteiger partial charge is 0.0388 e. The van der Waals surface area contributed by atoms with Gasteiger partial charge in [0, 0.05) is 27.8 Å². The van der Waals surface area contributed by atoms with Gasteiger partial charge >= 0.3 is 0 Å². The van der Waals surface area contributed by atoms with Crippen molar-refractivity contribution < 1.29 is 0 Å². The van der Waals surface area contributed by atoms with Crippen LogP contribution in [0.4, 0.5) is 0 Å². The number of rotatable bonds is 4. The molecule has 18 heavy (non-hydrogen) atoms. The SMILES string of the molecule is Cc1ccc(C(C)NC2CC2c2ccccc2)s1. The molecular formula is C16H19NS. The summed E-state index contributed by atoms with van der Waals surface area (Å²) in [7, 11) is 0. The van der Waals surface area contributed by atoms with Crippen LogP contribution in [-0.4, -0.2) is 6.04 Å². The van der Waals surface area contributed by atoms with Gasteiger partial charge in [-0.3, -0.25) is 0 Å². The molecule has 1 fully saturated rings. The molecule has 0 amide bonds. The Morgan fingerprint density at radius 3 is 2.61 bits per heavy atom. The molecule has 0 bridgehead atoms. The van der Waals surface area contributed by atoms with Gasteiger partial charge in [0.05, 0.1) is 0 Å². The predicted octanol–water partition coefficient (Wildman–Crippen LogP) is 4.26. The molecular weight excluding hydrogens is 238 g/mol. The van der Waals surface area contributed by atoms with E-state index in [0.717, 1.165) is 5.92 Å². The molecule has 94 valence electrons. The van der Waals surface area contributed by atoms with E-state index in [-0.39, 0.29) is 0 Å². The Morgan fingerprint density at radius 2 is 1.94 bits per heavy atom. The third-order valence-electron chi connectivity index (χ3n) is 3.67. The number of hydrogen-bond acceptors (Lipinski definition) is 2. The summed E-state index contributed by atoms with van der Waals surface area (Å²) in [6.07, 6.45) is 1.28. The summed E-state index contributed by atoms with van der Waals surface area (Å²) in [5.74, 6) is 0.717. The highest BCUT2D eigenvalue weighted by Gasteiger charge is 2.38. The maximum absolute atomic E-state index is 3.74. The summed E-state index contributed by atoms with van der Waals surface area (Å²) >= 11 is 1.90. The third-order valence-corrected chi connectivity index (χ3v) is 4.85. The fraction of sp³-hybridized carbons (Fsp3) is 0.375. The van der Waals surface area contributed by atoms with Gasteiger partial charge in [0.15, 0.2) is 0 Å². The number of aryl methyl sites for hydroxylation is 1. The van der Waals surface area contributed by atoms with Crippen LogP contribution < -0.4 is 5.32 Å². The first-order valence-corrected chi connectivity index (χ1v) is 7.43. The first-order chi connectivity index (χ1) is 8.74. The van der Waals surface area contributed by atoms with Crippen molar-refractivity contribution in [2.45, 2.75) is 38.3 Å². The van der Waals surface area contributed by atoms with Crippen LogP contribution >= 0.6 is 11.3 Å². The Labute approximate surface area is 113 Å².